The van der Waals surface area contributed by atoms with Crippen LogP contribution in [0.1, 0.15) is 104 Å². The van der Waals surface area contributed by atoms with Gasteiger partial charge in [0.05, 0.1) is 13.2 Å². The van der Waals surface area contributed by atoms with Gasteiger partial charge in [0, 0.05) is 25.9 Å². The van der Waals surface area contributed by atoms with Crippen LogP contribution in [0, 0.1) is 46.3 Å². The number of fused-ring (bicyclic) bond motifs is 5. The molecule has 5 nitrogen and oxygen atoms in total. The second-order valence-electron chi connectivity index (χ2n) is 13.3. The zero-order valence-electron chi connectivity index (χ0n) is 22.6. The number of hydrogen-bond acceptors (Lipinski definition) is 5. The molecule has 35 heavy (non-hydrogen) atoms. The molecule has 4 saturated carbocycles. The predicted molar refractivity (Wildman–Crippen MR) is 134 cm³/mol. The number of esters is 1. The Kier molecular flexibility index (Phi) is 7.40. The molecule has 5 rings (SSSR count). The van der Waals surface area contributed by atoms with Crippen LogP contribution in [0.3, 0.4) is 0 Å². The van der Waals surface area contributed by atoms with E-state index in [1.54, 1.807) is 0 Å². The molecule has 0 aromatic carbocycles. The second-order valence-corrected chi connectivity index (χ2v) is 13.3. The average Bonchev–Trinajstić information content (AvgIpc) is 3.21. The number of carbonyl (C=O) groups excluding carboxylic acids is 2. The van der Waals surface area contributed by atoms with E-state index in [-0.39, 0.29) is 23.8 Å². The maximum absolute atomic E-state index is 12.6. The molecule has 198 valence electrons. The summed E-state index contributed by atoms with van der Waals surface area (Å²) >= 11 is 0. The lowest BCUT2D eigenvalue weighted by molar-refractivity contribution is -0.243. The van der Waals surface area contributed by atoms with Crippen molar-refractivity contribution in [3.05, 3.63) is 0 Å². The highest BCUT2D eigenvalue weighted by atomic mass is 16.7. The molecule has 5 fully saturated rings. The molecule has 0 aromatic heterocycles. The Hall–Kier alpha value is -0.940. The molecule has 10 atom stereocenters. The van der Waals surface area contributed by atoms with Gasteiger partial charge in [0.25, 0.3) is 0 Å². The summed E-state index contributed by atoms with van der Waals surface area (Å²) in [5, 5.41) is 0. The van der Waals surface area contributed by atoms with Crippen LogP contribution in [0.4, 0.5) is 0 Å². The fraction of sp³-hybridized carbons (Fsp3) is 0.933. The van der Waals surface area contributed by atoms with E-state index in [2.05, 4.69) is 20.8 Å². The van der Waals surface area contributed by atoms with E-state index in [9.17, 15) is 9.59 Å². The van der Waals surface area contributed by atoms with Crippen molar-refractivity contribution in [2.24, 2.45) is 46.3 Å². The number of ether oxygens (including phenoxy) is 3. The molecule has 7 unspecified atom stereocenters. The topological polar surface area (TPSA) is 61.8 Å². The number of carbonyl (C=O) groups is 2. The molecule has 0 amide bonds. The third-order valence-electron chi connectivity index (χ3n) is 11.7. The molecule has 0 bridgehead atoms. The molecule has 5 aliphatic rings. The third-order valence-corrected chi connectivity index (χ3v) is 11.7. The van der Waals surface area contributed by atoms with E-state index in [0.29, 0.717) is 53.6 Å². The Morgan fingerprint density at radius 1 is 1.06 bits per heavy atom. The minimum Gasteiger partial charge on any atom is -0.469 e. The first kappa shape index (κ1) is 25.7. The summed E-state index contributed by atoms with van der Waals surface area (Å²) < 4.78 is 17.7. The van der Waals surface area contributed by atoms with Crippen molar-refractivity contribution in [2.45, 2.75) is 117 Å². The highest BCUT2D eigenvalue weighted by molar-refractivity contribution is 5.79. The maximum Gasteiger partial charge on any atom is 0.305 e. The van der Waals surface area contributed by atoms with Crippen molar-refractivity contribution in [2.75, 3.05) is 13.7 Å². The average molecular weight is 489 g/mol. The summed E-state index contributed by atoms with van der Waals surface area (Å²) in [7, 11) is 1.49. The normalized spacial score (nSPS) is 46.3. The summed E-state index contributed by atoms with van der Waals surface area (Å²) in [5.41, 5.74) is 0.544. The molecule has 1 heterocycles. The molecule has 5 heteroatoms. The quantitative estimate of drug-likeness (QED) is 0.323. The van der Waals surface area contributed by atoms with Crippen LogP contribution in [0.5, 0.6) is 0 Å². The lowest BCUT2D eigenvalue weighted by Crippen LogP contribution is -2.59. The molecule has 4 aliphatic carbocycles. The summed E-state index contributed by atoms with van der Waals surface area (Å²) in [6.07, 6.45) is 13.6. The molecule has 0 spiro atoms. The van der Waals surface area contributed by atoms with Crippen LogP contribution in [0.2, 0.25) is 0 Å². The highest BCUT2D eigenvalue weighted by Crippen LogP contribution is 2.68. The molecule has 0 aromatic rings. The molecule has 1 saturated heterocycles. The standard InChI is InChI=1S/C30H48O5/c1-19(8-11-27(32)33-4)22-9-10-23-21-18-26(35-28-7-5-6-16-34-28)25-17-20(31)12-14-30(25,3)24(21)13-15-29(22,23)2/h19,21-26,28H,5-18H2,1-4H3/t19-,21?,22?,23?,24?,25+,26+,28?,29?,30?/m1/s1. The number of ketones is 1. The van der Waals surface area contributed by atoms with Gasteiger partial charge < -0.3 is 14.2 Å². The fourth-order valence-electron chi connectivity index (χ4n) is 9.85. The van der Waals surface area contributed by atoms with Crippen molar-refractivity contribution >= 4 is 11.8 Å². The van der Waals surface area contributed by atoms with E-state index in [4.69, 9.17) is 14.2 Å². The summed E-state index contributed by atoms with van der Waals surface area (Å²) in [6, 6.07) is 0. The number of Topliss-reactive ketones (excluding diaryl/α,β-unsaturated/α-hetero) is 1. The Labute approximate surface area is 212 Å². The van der Waals surface area contributed by atoms with Gasteiger partial charge in [-0.05, 0) is 111 Å². The van der Waals surface area contributed by atoms with Crippen LogP contribution >= 0.6 is 0 Å². The third kappa shape index (κ3) is 4.62. The summed E-state index contributed by atoms with van der Waals surface area (Å²) in [4.78, 5) is 24.4. The van der Waals surface area contributed by atoms with Crippen LogP contribution in [0.15, 0.2) is 0 Å². The lowest BCUT2D eigenvalue weighted by atomic mass is 9.44. The van der Waals surface area contributed by atoms with Crippen molar-refractivity contribution in [3.8, 4) is 0 Å². The van der Waals surface area contributed by atoms with E-state index < -0.39 is 0 Å². The Morgan fingerprint density at radius 3 is 2.60 bits per heavy atom. The lowest BCUT2D eigenvalue weighted by Gasteiger charge is -2.62. The van der Waals surface area contributed by atoms with E-state index in [1.165, 1.54) is 39.2 Å². The molecular weight excluding hydrogens is 440 g/mol. The van der Waals surface area contributed by atoms with Crippen LogP contribution in [0.25, 0.3) is 0 Å². The van der Waals surface area contributed by atoms with Gasteiger partial charge in [0.2, 0.25) is 0 Å². The van der Waals surface area contributed by atoms with Crippen molar-refractivity contribution in [1.82, 2.24) is 0 Å². The Bertz CT molecular complexity index is 790. The summed E-state index contributed by atoms with van der Waals surface area (Å²) in [5.74, 6) is 4.02. The largest absolute Gasteiger partial charge is 0.469 e. The number of hydrogen-bond donors (Lipinski definition) is 0. The molecule has 0 radical (unpaired) electrons. The smallest absolute Gasteiger partial charge is 0.305 e. The molecular formula is C30H48O5. The molecule has 0 N–H and O–H groups in total. The first-order chi connectivity index (χ1) is 16.8. The van der Waals surface area contributed by atoms with Gasteiger partial charge in [-0.1, -0.05) is 20.8 Å². The Balaban J connectivity index is 1.37. The van der Waals surface area contributed by atoms with Gasteiger partial charge in [-0.15, -0.1) is 0 Å². The van der Waals surface area contributed by atoms with Crippen molar-refractivity contribution in [1.29, 1.82) is 0 Å². The second kappa shape index (κ2) is 10.1. The Morgan fingerprint density at radius 2 is 1.86 bits per heavy atom. The van der Waals surface area contributed by atoms with E-state index in [1.807, 2.05) is 0 Å². The SMILES string of the molecule is COC(=O)CC[C@@H](C)C1CCC2C3C[C@H](OC4CCCCO4)[C@@H]4CC(=O)CCC4(C)C3CCC21C. The van der Waals surface area contributed by atoms with Gasteiger partial charge in [-0.3, -0.25) is 9.59 Å². The molecule has 1 aliphatic heterocycles. The highest BCUT2D eigenvalue weighted by Gasteiger charge is 2.63. The van der Waals surface area contributed by atoms with Crippen LogP contribution in [-0.2, 0) is 23.8 Å². The monoisotopic (exact) mass is 488 g/mol. The van der Waals surface area contributed by atoms with E-state index >= 15 is 0 Å². The maximum atomic E-state index is 12.6. The first-order valence-corrected chi connectivity index (χ1v) is 14.6. The van der Waals surface area contributed by atoms with Crippen LogP contribution in [-0.4, -0.2) is 37.9 Å². The van der Waals surface area contributed by atoms with Gasteiger partial charge in [-0.25, -0.2) is 0 Å². The first-order valence-electron chi connectivity index (χ1n) is 14.6. The van der Waals surface area contributed by atoms with Crippen molar-refractivity contribution < 1.29 is 23.8 Å². The predicted octanol–water partition coefficient (Wildman–Crippen LogP) is 6.33. The summed E-state index contributed by atoms with van der Waals surface area (Å²) in [6.45, 7) is 8.24. The number of methoxy groups -OCH3 is 1. The van der Waals surface area contributed by atoms with Gasteiger partial charge in [-0.2, -0.15) is 0 Å². The van der Waals surface area contributed by atoms with Gasteiger partial charge in [0.15, 0.2) is 6.29 Å². The zero-order chi connectivity index (χ0) is 24.8. The van der Waals surface area contributed by atoms with Crippen molar-refractivity contribution in [3.63, 3.8) is 0 Å². The van der Waals surface area contributed by atoms with E-state index in [0.717, 1.165) is 51.0 Å². The minimum atomic E-state index is -0.0868. The zero-order valence-corrected chi connectivity index (χ0v) is 22.6. The number of rotatable bonds is 6. The van der Waals surface area contributed by atoms with Gasteiger partial charge >= 0.3 is 5.97 Å². The minimum absolute atomic E-state index is 0.0803. The van der Waals surface area contributed by atoms with Gasteiger partial charge in [0.1, 0.15) is 5.78 Å². The van der Waals surface area contributed by atoms with Crippen LogP contribution < -0.4 is 0 Å². The fourth-order valence-corrected chi connectivity index (χ4v) is 9.85.